The van der Waals surface area contributed by atoms with Crippen molar-refractivity contribution in [1.82, 2.24) is 0 Å². The molecule has 0 atom stereocenters. The minimum absolute atomic E-state index is 0.135. The first-order chi connectivity index (χ1) is 14.9. The zero-order chi connectivity index (χ0) is 22.1. The van der Waals surface area contributed by atoms with E-state index in [4.69, 9.17) is 26.5 Å². The van der Waals surface area contributed by atoms with Gasteiger partial charge in [0.2, 0.25) is 0 Å². The highest BCUT2D eigenvalue weighted by Crippen LogP contribution is 2.38. The first-order valence-electron chi connectivity index (χ1n) is 8.92. The van der Waals surface area contributed by atoms with Crippen molar-refractivity contribution in [2.45, 2.75) is 0 Å². The maximum absolute atomic E-state index is 12.9. The van der Waals surface area contributed by atoms with Crippen LogP contribution >= 0.6 is 39.9 Å². The molecule has 156 valence electrons. The van der Waals surface area contributed by atoms with Crippen LogP contribution in [0, 0.1) is 0 Å². The fourth-order valence-electron chi connectivity index (χ4n) is 3.02. The zero-order valence-electron chi connectivity index (χ0n) is 16.0. The molecule has 1 aliphatic heterocycles. The first kappa shape index (κ1) is 21.4. The zero-order valence-corrected chi connectivity index (χ0v) is 19.2. The number of anilines is 1. The second-order valence-electron chi connectivity index (χ2n) is 6.42. The number of furan rings is 1. The number of thiocarbonyl (C=S) groups is 1. The number of benzene rings is 2. The van der Waals surface area contributed by atoms with E-state index in [0.29, 0.717) is 32.2 Å². The van der Waals surface area contributed by atoms with Crippen molar-refractivity contribution in [3.05, 3.63) is 75.3 Å². The number of amides is 1. The Morgan fingerprint density at radius 1 is 1.19 bits per heavy atom. The molecule has 31 heavy (non-hydrogen) atoms. The number of hydrogen-bond acceptors (Lipinski definition) is 6. The SMILES string of the molecule is COc1ccc(Br)cc1-c1ccc(/C=C2\SC(=S)N(c3ccc(C(=O)O)cc3)C2=O)o1. The van der Waals surface area contributed by atoms with Crippen LogP contribution in [-0.2, 0) is 4.79 Å². The molecule has 1 amide bonds. The minimum Gasteiger partial charge on any atom is -0.496 e. The lowest BCUT2D eigenvalue weighted by atomic mass is 10.1. The summed E-state index contributed by atoms with van der Waals surface area (Å²) in [5, 5.41) is 9.04. The number of carboxylic acid groups (broad SMARTS) is 1. The standard InChI is InChI=1S/C22H14BrNO5S2/c1-28-17-8-4-13(23)10-16(17)18-9-7-15(29-18)11-19-20(25)24(22(30)31-19)14-5-2-12(3-6-14)21(26)27/h2-11H,1H3,(H,26,27)/b19-11-. The molecule has 3 aromatic rings. The van der Waals surface area contributed by atoms with Gasteiger partial charge in [0.05, 0.1) is 28.8 Å². The Morgan fingerprint density at radius 3 is 2.61 bits per heavy atom. The van der Waals surface area contributed by atoms with Crippen LogP contribution in [-0.4, -0.2) is 28.4 Å². The molecule has 1 N–H and O–H groups in total. The summed E-state index contributed by atoms with van der Waals surface area (Å²) in [5.41, 5.74) is 1.42. The van der Waals surface area contributed by atoms with Crippen LogP contribution in [0.25, 0.3) is 17.4 Å². The molecule has 2 heterocycles. The van der Waals surface area contributed by atoms with Crippen molar-refractivity contribution >= 4 is 67.9 Å². The van der Waals surface area contributed by atoms with Crippen LogP contribution in [0.3, 0.4) is 0 Å². The number of aromatic carboxylic acids is 1. The van der Waals surface area contributed by atoms with Crippen LogP contribution in [0.2, 0.25) is 0 Å². The van der Waals surface area contributed by atoms with Crippen LogP contribution < -0.4 is 9.64 Å². The number of methoxy groups -OCH3 is 1. The summed E-state index contributed by atoms with van der Waals surface area (Å²) >= 11 is 9.97. The highest BCUT2D eigenvalue weighted by Gasteiger charge is 2.33. The molecule has 0 bridgehead atoms. The van der Waals surface area contributed by atoms with E-state index in [1.165, 1.54) is 17.0 Å². The van der Waals surface area contributed by atoms with E-state index in [2.05, 4.69) is 15.9 Å². The van der Waals surface area contributed by atoms with Gasteiger partial charge in [-0.2, -0.15) is 0 Å². The van der Waals surface area contributed by atoms with Crippen molar-refractivity contribution in [2.75, 3.05) is 12.0 Å². The predicted octanol–water partition coefficient (Wildman–Crippen LogP) is 5.82. The second-order valence-corrected chi connectivity index (χ2v) is 9.01. The smallest absolute Gasteiger partial charge is 0.335 e. The van der Waals surface area contributed by atoms with Crippen molar-refractivity contribution < 1.29 is 23.8 Å². The minimum atomic E-state index is -1.03. The predicted molar refractivity (Wildman–Crippen MR) is 127 cm³/mol. The molecule has 4 rings (SSSR count). The highest BCUT2D eigenvalue weighted by atomic mass is 79.9. The van der Waals surface area contributed by atoms with E-state index >= 15 is 0 Å². The van der Waals surface area contributed by atoms with Crippen LogP contribution in [0.4, 0.5) is 5.69 Å². The molecular weight excluding hydrogens is 502 g/mol. The normalized spacial score (nSPS) is 15.0. The van der Waals surface area contributed by atoms with Gasteiger partial charge in [0.25, 0.3) is 5.91 Å². The van der Waals surface area contributed by atoms with Crippen LogP contribution in [0.1, 0.15) is 16.1 Å². The number of thioether (sulfide) groups is 1. The molecule has 2 aromatic carbocycles. The van der Waals surface area contributed by atoms with E-state index in [1.807, 2.05) is 24.3 Å². The van der Waals surface area contributed by atoms with E-state index < -0.39 is 5.97 Å². The van der Waals surface area contributed by atoms with E-state index in [0.717, 1.165) is 21.8 Å². The summed E-state index contributed by atoms with van der Waals surface area (Å²) in [5.74, 6) is 0.437. The van der Waals surface area contributed by atoms with Gasteiger partial charge in [-0.3, -0.25) is 9.69 Å². The van der Waals surface area contributed by atoms with Gasteiger partial charge in [-0.15, -0.1) is 0 Å². The first-order valence-corrected chi connectivity index (χ1v) is 10.9. The largest absolute Gasteiger partial charge is 0.496 e. The number of carbonyl (C=O) groups is 2. The molecule has 0 saturated carbocycles. The third kappa shape index (κ3) is 4.30. The Labute approximate surface area is 195 Å². The van der Waals surface area contributed by atoms with Crippen molar-refractivity contribution in [1.29, 1.82) is 0 Å². The highest BCUT2D eigenvalue weighted by molar-refractivity contribution is 9.10. The molecule has 1 aliphatic rings. The van der Waals surface area contributed by atoms with Gasteiger partial charge in [0, 0.05) is 10.5 Å². The molecule has 0 unspecified atom stereocenters. The molecular formula is C22H14BrNO5S2. The fraction of sp³-hybridized carbons (Fsp3) is 0.0455. The van der Waals surface area contributed by atoms with Crippen molar-refractivity contribution in [3.8, 4) is 17.1 Å². The lowest BCUT2D eigenvalue weighted by Crippen LogP contribution is -2.27. The Morgan fingerprint density at radius 2 is 1.94 bits per heavy atom. The third-order valence-electron chi connectivity index (χ3n) is 4.49. The van der Waals surface area contributed by atoms with Crippen molar-refractivity contribution in [3.63, 3.8) is 0 Å². The van der Waals surface area contributed by atoms with Gasteiger partial charge in [0.15, 0.2) is 4.32 Å². The molecule has 6 nitrogen and oxygen atoms in total. The monoisotopic (exact) mass is 515 g/mol. The van der Waals surface area contributed by atoms with Gasteiger partial charge in [0.1, 0.15) is 17.3 Å². The number of hydrogen-bond donors (Lipinski definition) is 1. The molecule has 0 aliphatic carbocycles. The van der Waals surface area contributed by atoms with Gasteiger partial charge in [-0.05, 0) is 54.6 Å². The average Bonchev–Trinajstić information content (AvgIpc) is 3.32. The van der Waals surface area contributed by atoms with Gasteiger partial charge in [-0.25, -0.2) is 4.79 Å². The Bertz CT molecular complexity index is 1230. The average molecular weight is 516 g/mol. The number of ether oxygens (including phenoxy) is 1. The van der Waals surface area contributed by atoms with E-state index in [-0.39, 0.29) is 11.5 Å². The number of carbonyl (C=O) groups excluding carboxylic acids is 1. The lowest BCUT2D eigenvalue weighted by Gasteiger charge is -2.14. The molecule has 9 heteroatoms. The Kier molecular flexibility index (Phi) is 5.99. The van der Waals surface area contributed by atoms with Crippen LogP contribution in [0.15, 0.2) is 68.4 Å². The van der Waals surface area contributed by atoms with Crippen molar-refractivity contribution in [2.24, 2.45) is 0 Å². The number of halogens is 1. The summed E-state index contributed by atoms with van der Waals surface area (Å²) in [6.45, 7) is 0. The van der Waals surface area contributed by atoms with E-state index in [1.54, 1.807) is 31.4 Å². The summed E-state index contributed by atoms with van der Waals surface area (Å²) in [6, 6.07) is 15.2. The molecule has 0 radical (unpaired) electrons. The molecule has 1 aromatic heterocycles. The quantitative estimate of drug-likeness (QED) is 0.338. The van der Waals surface area contributed by atoms with E-state index in [9.17, 15) is 9.59 Å². The van der Waals surface area contributed by atoms with Crippen LogP contribution in [0.5, 0.6) is 5.75 Å². The third-order valence-corrected chi connectivity index (χ3v) is 6.29. The summed E-state index contributed by atoms with van der Waals surface area (Å²) in [7, 11) is 1.59. The summed E-state index contributed by atoms with van der Waals surface area (Å²) in [6.07, 6.45) is 1.64. The topological polar surface area (TPSA) is 80.0 Å². The number of rotatable bonds is 5. The number of nitrogens with zero attached hydrogens (tertiary/aromatic N) is 1. The van der Waals surface area contributed by atoms with Gasteiger partial charge >= 0.3 is 5.97 Å². The molecule has 0 spiro atoms. The maximum atomic E-state index is 12.9. The Balaban J connectivity index is 1.61. The number of carboxylic acids is 1. The fourth-order valence-corrected chi connectivity index (χ4v) is 4.66. The summed E-state index contributed by atoms with van der Waals surface area (Å²) < 4.78 is 12.6. The molecule has 1 saturated heterocycles. The maximum Gasteiger partial charge on any atom is 0.335 e. The Hall–Kier alpha value is -2.88. The summed E-state index contributed by atoms with van der Waals surface area (Å²) in [4.78, 5) is 25.8. The lowest BCUT2D eigenvalue weighted by molar-refractivity contribution is -0.113. The van der Waals surface area contributed by atoms with Gasteiger partial charge < -0.3 is 14.3 Å². The van der Waals surface area contributed by atoms with Gasteiger partial charge in [-0.1, -0.05) is 39.9 Å². The molecule has 1 fully saturated rings. The second kappa shape index (κ2) is 8.70.